The van der Waals surface area contributed by atoms with Gasteiger partial charge in [-0.2, -0.15) is 5.26 Å². The molecular formula is C15H17BrN2O2. The average molecular weight is 337 g/mol. The number of benzene rings is 1. The summed E-state index contributed by atoms with van der Waals surface area (Å²) in [5, 5.41) is 21.4. The number of halogens is 1. The van der Waals surface area contributed by atoms with Gasteiger partial charge in [0.15, 0.2) is 0 Å². The number of rotatable bonds is 4. The van der Waals surface area contributed by atoms with Gasteiger partial charge in [0, 0.05) is 16.7 Å². The largest absolute Gasteiger partial charge is 0.481 e. The molecule has 0 aliphatic heterocycles. The molecule has 1 aliphatic carbocycles. The molecule has 1 saturated carbocycles. The van der Waals surface area contributed by atoms with Gasteiger partial charge in [-0.15, -0.1) is 0 Å². The van der Waals surface area contributed by atoms with Crippen molar-refractivity contribution >= 4 is 27.6 Å². The Morgan fingerprint density at radius 3 is 2.85 bits per heavy atom. The Morgan fingerprint density at radius 2 is 2.20 bits per heavy atom. The maximum atomic E-state index is 11.3. The van der Waals surface area contributed by atoms with Gasteiger partial charge in [0.25, 0.3) is 0 Å². The molecule has 1 aliphatic rings. The van der Waals surface area contributed by atoms with E-state index < -0.39 is 5.97 Å². The van der Waals surface area contributed by atoms with Gasteiger partial charge in [0.2, 0.25) is 0 Å². The lowest BCUT2D eigenvalue weighted by Gasteiger charge is -2.29. The summed E-state index contributed by atoms with van der Waals surface area (Å²) >= 11 is 3.43. The highest BCUT2D eigenvalue weighted by Gasteiger charge is 2.30. The van der Waals surface area contributed by atoms with Gasteiger partial charge < -0.3 is 10.4 Å². The lowest BCUT2D eigenvalue weighted by Crippen LogP contribution is -2.31. The van der Waals surface area contributed by atoms with E-state index in [0.29, 0.717) is 12.1 Å². The molecule has 4 nitrogen and oxygen atoms in total. The lowest BCUT2D eigenvalue weighted by atomic mass is 9.79. The third-order valence-corrected chi connectivity index (χ3v) is 4.54. The number of nitrogens with one attached hydrogen (secondary N) is 1. The fourth-order valence-electron chi connectivity index (χ4n) is 2.75. The highest BCUT2D eigenvalue weighted by molar-refractivity contribution is 9.10. The standard InChI is InChI=1S/C15H17BrN2O2/c16-13-7-10(8-17)5-6-14(13)18-9-11-3-1-2-4-12(11)15(19)20/h5-7,11-12,18H,1-4,9H2,(H,19,20). The number of carboxylic acid groups (broad SMARTS) is 1. The van der Waals surface area contributed by atoms with Crippen molar-refractivity contribution in [3.05, 3.63) is 28.2 Å². The minimum absolute atomic E-state index is 0.170. The van der Waals surface area contributed by atoms with Crippen molar-refractivity contribution in [2.45, 2.75) is 25.7 Å². The first-order chi connectivity index (χ1) is 9.61. The van der Waals surface area contributed by atoms with Crippen molar-refractivity contribution in [3.63, 3.8) is 0 Å². The summed E-state index contributed by atoms with van der Waals surface area (Å²) in [4.78, 5) is 11.3. The van der Waals surface area contributed by atoms with Crippen LogP contribution < -0.4 is 5.32 Å². The minimum atomic E-state index is -0.685. The third-order valence-electron chi connectivity index (χ3n) is 3.88. The Hall–Kier alpha value is -1.54. The molecule has 20 heavy (non-hydrogen) atoms. The molecule has 0 radical (unpaired) electrons. The molecule has 0 amide bonds. The Morgan fingerprint density at radius 1 is 1.45 bits per heavy atom. The second-order valence-electron chi connectivity index (χ2n) is 5.18. The highest BCUT2D eigenvalue weighted by Crippen LogP contribution is 2.31. The lowest BCUT2D eigenvalue weighted by molar-refractivity contribution is -0.144. The second-order valence-corrected chi connectivity index (χ2v) is 6.03. The normalized spacial score (nSPS) is 22.0. The van der Waals surface area contributed by atoms with Crippen molar-refractivity contribution in [3.8, 4) is 6.07 Å². The molecule has 2 N–H and O–H groups in total. The van der Waals surface area contributed by atoms with E-state index in [2.05, 4.69) is 27.3 Å². The van der Waals surface area contributed by atoms with Crippen LogP contribution in [0.15, 0.2) is 22.7 Å². The highest BCUT2D eigenvalue weighted by atomic mass is 79.9. The summed E-state index contributed by atoms with van der Waals surface area (Å²) in [6.07, 6.45) is 3.84. The van der Waals surface area contributed by atoms with Crippen LogP contribution in [0.5, 0.6) is 0 Å². The number of aliphatic carboxylic acids is 1. The van der Waals surface area contributed by atoms with Crippen molar-refractivity contribution in [1.82, 2.24) is 0 Å². The minimum Gasteiger partial charge on any atom is -0.481 e. The number of hydrogen-bond acceptors (Lipinski definition) is 3. The topological polar surface area (TPSA) is 73.1 Å². The van der Waals surface area contributed by atoms with Crippen LogP contribution >= 0.6 is 15.9 Å². The zero-order chi connectivity index (χ0) is 14.5. The van der Waals surface area contributed by atoms with Crippen LogP contribution in [0, 0.1) is 23.2 Å². The molecule has 0 spiro atoms. The number of nitriles is 1. The number of hydrogen-bond donors (Lipinski definition) is 2. The van der Waals surface area contributed by atoms with E-state index in [4.69, 9.17) is 5.26 Å². The summed E-state index contributed by atoms with van der Waals surface area (Å²) in [5.41, 5.74) is 1.50. The molecule has 1 aromatic rings. The van der Waals surface area contributed by atoms with E-state index in [0.717, 1.165) is 35.8 Å². The van der Waals surface area contributed by atoms with Gasteiger partial charge in [0.05, 0.1) is 17.6 Å². The van der Waals surface area contributed by atoms with E-state index in [1.165, 1.54) is 0 Å². The van der Waals surface area contributed by atoms with Crippen molar-refractivity contribution < 1.29 is 9.90 Å². The molecule has 5 heteroatoms. The van der Waals surface area contributed by atoms with Crippen LogP contribution in [-0.4, -0.2) is 17.6 Å². The fraction of sp³-hybridized carbons (Fsp3) is 0.467. The molecule has 1 fully saturated rings. The second kappa shape index (κ2) is 6.76. The van der Waals surface area contributed by atoms with Crippen LogP contribution in [0.1, 0.15) is 31.2 Å². The summed E-state index contributed by atoms with van der Waals surface area (Å²) < 4.78 is 0.833. The van der Waals surface area contributed by atoms with Crippen LogP contribution in [0.2, 0.25) is 0 Å². The van der Waals surface area contributed by atoms with E-state index in [1.54, 1.807) is 12.1 Å². The molecule has 0 aromatic heterocycles. The smallest absolute Gasteiger partial charge is 0.306 e. The van der Waals surface area contributed by atoms with Crippen LogP contribution in [0.25, 0.3) is 0 Å². The SMILES string of the molecule is N#Cc1ccc(NCC2CCCCC2C(=O)O)c(Br)c1. The Bertz CT molecular complexity index is 539. The van der Waals surface area contributed by atoms with Gasteiger partial charge in [-0.1, -0.05) is 12.8 Å². The number of nitrogens with zero attached hydrogens (tertiary/aromatic N) is 1. The predicted octanol–water partition coefficient (Wildman–Crippen LogP) is 3.62. The number of carboxylic acids is 1. The monoisotopic (exact) mass is 336 g/mol. The Labute approximate surface area is 126 Å². The molecule has 2 atom stereocenters. The first-order valence-corrected chi connectivity index (χ1v) is 7.57. The van der Waals surface area contributed by atoms with Gasteiger partial charge in [0.1, 0.15) is 0 Å². The molecule has 2 unspecified atom stereocenters. The van der Waals surface area contributed by atoms with E-state index in [9.17, 15) is 9.90 Å². The fourth-order valence-corrected chi connectivity index (χ4v) is 3.27. The zero-order valence-corrected chi connectivity index (χ0v) is 12.7. The summed E-state index contributed by atoms with van der Waals surface area (Å²) in [7, 11) is 0. The van der Waals surface area contributed by atoms with Gasteiger partial charge in [-0.05, 0) is 52.9 Å². The van der Waals surface area contributed by atoms with Gasteiger partial charge >= 0.3 is 5.97 Å². The molecule has 0 heterocycles. The third kappa shape index (κ3) is 3.51. The van der Waals surface area contributed by atoms with E-state index in [-0.39, 0.29) is 11.8 Å². The first-order valence-electron chi connectivity index (χ1n) is 6.78. The molecule has 0 bridgehead atoms. The number of anilines is 1. The van der Waals surface area contributed by atoms with E-state index in [1.807, 2.05) is 6.07 Å². The molecule has 0 saturated heterocycles. The average Bonchev–Trinajstić information content (AvgIpc) is 2.46. The van der Waals surface area contributed by atoms with Crippen molar-refractivity contribution in [2.75, 3.05) is 11.9 Å². The predicted molar refractivity (Wildman–Crippen MR) is 80.4 cm³/mol. The maximum absolute atomic E-state index is 11.3. The summed E-state index contributed by atoms with van der Waals surface area (Å²) in [5.74, 6) is -0.757. The number of carbonyl (C=O) groups is 1. The van der Waals surface area contributed by atoms with Crippen LogP contribution in [0.3, 0.4) is 0 Å². The van der Waals surface area contributed by atoms with Crippen molar-refractivity contribution in [2.24, 2.45) is 11.8 Å². The van der Waals surface area contributed by atoms with Crippen LogP contribution in [-0.2, 0) is 4.79 Å². The van der Waals surface area contributed by atoms with E-state index >= 15 is 0 Å². The maximum Gasteiger partial charge on any atom is 0.306 e. The van der Waals surface area contributed by atoms with Gasteiger partial charge in [-0.3, -0.25) is 4.79 Å². The van der Waals surface area contributed by atoms with Crippen molar-refractivity contribution in [1.29, 1.82) is 5.26 Å². The first kappa shape index (κ1) is 14.9. The van der Waals surface area contributed by atoms with Gasteiger partial charge in [-0.25, -0.2) is 0 Å². The summed E-state index contributed by atoms with van der Waals surface area (Å²) in [6, 6.07) is 7.45. The molecule has 1 aromatic carbocycles. The van der Waals surface area contributed by atoms with Crippen LogP contribution in [0.4, 0.5) is 5.69 Å². The zero-order valence-electron chi connectivity index (χ0n) is 11.1. The summed E-state index contributed by atoms with van der Waals surface area (Å²) in [6.45, 7) is 0.654. The Balaban J connectivity index is 2.00. The quantitative estimate of drug-likeness (QED) is 0.880. The molecular weight excluding hydrogens is 320 g/mol. The molecule has 2 rings (SSSR count). The Kier molecular flexibility index (Phi) is 5.02. The molecule has 106 valence electrons.